The minimum atomic E-state index is -0.168. The van der Waals surface area contributed by atoms with Gasteiger partial charge in [-0.05, 0) is 49.2 Å². The summed E-state index contributed by atoms with van der Waals surface area (Å²) in [4.78, 5) is 26.0. The molecule has 23 heavy (non-hydrogen) atoms. The predicted molar refractivity (Wildman–Crippen MR) is 88.8 cm³/mol. The number of nitrogens with one attached hydrogen (secondary N) is 1. The minimum Gasteiger partial charge on any atom is -0.461 e. The van der Waals surface area contributed by atoms with Gasteiger partial charge in [0.25, 0.3) is 0 Å². The van der Waals surface area contributed by atoms with Crippen LogP contribution in [0.2, 0.25) is 0 Å². The molecule has 0 saturated carbocycles. The molecular formula is C18H20N2O3. The molecule has 0 spiro atoms. The maximum Gasteiger partial charge on any atom is 0.224 e. The van der Waals surface area contributed by atoms with E-state index in [1.165, 1.54) is 24.8 Å². The molecule has 0 bridgehead atoms. The number of ketones is 1. The Bertz CT molecular complexity index is 656. The molecule has 5 heteroatoms. The summed E-state index contributed by atoms with van der Waals surface area (Å²) in [6.07, 6.45) is 4.22. The Hall–Kier alpha value is -2.56. The third-order valence-corrected chi connectivity index (χ3v) is 4.00. The molecule has 0 aliphatic carbocycles. The van der Waals surface area contributed by atoms with Gasteiger partial charge in [-0.1, -0.05) is 0 Å². The number of Topliss-reactive ketones (excluding diaryl/α,β-unsaturated/α-hetero) is 1. The van der Waals surface area contributed by atoms with E-state index in [4.69, 9.17) is 4.42 Å². The number of hydrogen-bond donors (Lipinski definition) is 1. The standard InChI is InChI=1S/C18H20N2O3/c21-16(17-4-3-13-23-17)9-10-18(22)19-14-5-7-15(8-6-14)20-11-1-2-12-20/h3-8,13H,1-2,9-12H2,(H,19,22). The van der Waals surface area contributed by atoms with Crippen molar-refractivity contribution in [1.82, 2.24) is 0 Å². The van der Waals surface area contributed by atoms with E-state index in [0.29, 0.717) is 5.76 Å². The van der Waals surface area contributed by atoms with Gasteiger partial charge in [0.05, 0.1) is 6.26 Å². The van der Waals surface area contributed by atoms with Crippen LogP contribution in [0.3, 0.4) is 0 Å². The molecule has 1 aromatic carbocycles. The Labute approximate surface area is 135 Å². The SMILES string of the molecule is O=C(CCC(=O)c1ccco1)Nc1ccc(N2CCCC2)cc1. The average molecular weight is 312 g/mol. The third-order valence-electron chi connectivity index (χ3n) is 4.00. The number of hydrogen-bond acceptors (Lipinski definition) is 4. The first-order valence-corrected chi connectivity index (χ1v) is 7.94. The summed E-state index contributed by atoms with van der Waals surface area (Å²) in [7, 11) is 0. The molecule has 1 N–H and O–H groups in total. The molecule has 1 fully saturated rings. The normalized spacial score (nSPS) is 14.0. The summed E-state index contributed by atoms with van der Waals surface area (Å²) >= 11 is 0. The van der Waals surface area contributed by atoms with Crippen molar-refractivity contribution in [3.63, 3.8) is 0 Å². The lowest BCUT2D eigenvalue weighted by Crippen LogP contribution is -2.17. The number of carbonyl (C=O) groups is 2. The van der Waals surface area contributed by atoms with E-state index in [9.17, 15) is 9.59 Å². The predicted octanol–water partition coefficient (Wildman–Crippen LogP) is 3.48. The monoisotopic (exact) mass is 312 g/mol. The van der Waals surface area contributed by atoms with Crippen molar-refractivity contribution >= 4 is 23.1 Å². The van der Waals surface area contributed by atoms with Gasteiger partial charge >= 0.3 is 0 Å². The fourth-order valence-corrected chi connectivity index (χ4v) is 2.74. The number of nitrogens with zero attached hydrogens (tertiary/aromatic N) is 1. The van der Waals surface area contributed by atoms with E-state index in [0.717, 1.165) is 18.8 Å². The Balaban J connectivity index is 1.48. The lowest BCUT2D eigenvalue weighted by molar-refractivity contribution is -0.116. The smallest absolute Gasteiger partial charge is 0.224 e. The van der Waals surface area contributed by atoms with Crippen molar-refractivity contribution in [2.75, 3.05) is 23.3 Å². The fraction of sp³-hybridized carbons (Fsp3) is 0.333. The first-order valence-electron chi connectivity index (χ1n) is 7.94. The van der Waals surface area contributed by atoms with Gasteiger partial charge in [-0.25, -0.2) is 0 Å². The molecule has 1 amide bonds. The van der Waals surface area contributed by atoms with Crippen LogP contribution in [0.4, 0.5) is 11.4 Å². The molecule has 1 aromatic heterocycles. The molecule has 0 unspecified atom stereocenters. The molecule has 2 heterocycles. The summed E-state index contributed by atoms with van der Waals surface area (Å²) < 4.78 is 5.02. The second-order valence-corrected chi connectivity index (χ2v) is 5.69. The van der Waals surface area contributed by atoms with Crippen LogP contribution >= 0.6 is 0 Å². The van der Waals surface area contributed by atoms with Crippen LogP contribution in [-0.2, 0) is 4.79 Å². The number of furan rings is 1. The highest BCUT2D eigenvalue weighted by Crippen LogP contribution is 2.22. The first kappa shape index (κ1) is 15.3. The van der Waals surface area contributed by atoms with Gasteiger partial charge in [-0.2, -0.15) is 0 Å². The highest BCUT2D eigenvalue weighted by atomic mass is 16.3. The summed E-state index contributed by atoms with van der Waals surface area (Å²) in [6, 6.07) is 11.1. The van der Waals surface area contributed by atoms with Crippen LogP contribution in [-0.4, -0.2) is 24.8 Å². The summed E-state index contributed by atoms with van der Waals surface area (Å²) in [5.74, 6) is -0.0267. The van der Waals surface area contributed by atoms with Crippen molar-refractivity contribution in [2.24, 2.45) is 0 Å². The van der Waals surface area contributed by atoms with Gasteiger partial charge in [0.15, 0.2) is 11.5 Å². The van der Waals surface area contributed by atoms with E-state index in [2.05, 4.69) is 10.2 Å². The summed E-state index contributed by atoms with van der Waals surface area (Å²) in [5.41, 5.74) is 1.94. The zero-order chi connectivity index (χ0) is 16.1. The third kappa shape index (κ3) is 4.00. The highest BCUT2D eigenvalue weighted by Gasteiger charge is 2.13. The van der Waals surface area contributed by atoms with Gasteiger partial charge in [0.2, 0.25) is 5.91 Å². The van der Waals surface area contributed by atoms with Gasteiger partial charge in [-0.3, -0.25) is 9.59 Å². The molecule has 0 atom stereocenters. The van der Waals surface area contributed by atoms with E-state index in [-0.39, 0.29) is 24.5 Å². The molecule has 5 nitrogen and oxygen atoms in total. The van der Waals surface area contributed by atoms with Crippen LogP contribution in [0.25, 0.3) is 0 Å². The Morgan fingerprint density at radius 2 is 1.78 bits per heavy atom. The molecule has 1 aliphatic rings. The van der Waals surface area contributed by atoms with Crippen molar-refractivity contribution < 1.29 is 14.0 Å². The lowest BCUT2D eigenvalue weighted by atomic mass is 10.1. The zero-order valence-corrected chi connectivity index (χ0v) is 13.0. The Morgan fingerprint density at radius 3 is 2.43 bits per heavy atom. The summed E-state index contributed by atoms with van der Waals surface area (Å²) in [5, 5.41) is 2.82. The number of amides is 1. The maximum absolute atomic E-state index is 11.9. The first-order chi connectivity index (χ1) is 11.2. The highest BCUT2D eigenvalue weighted by molar-refractivity contribution is 5.98. The molecule has 1 aliphatic heterocycles. The summed E-state index contributed by atoms with van der Waals surface area (Å²) in [6.45, 7) is 2.20. The van der Waals surface area contributed by atoms with Crippen molar-refractivity contribution in [3.8, 4) is 0 Å². The fourth-order valence-electron chi connectivity index (χ4n) is 2.74. The van der Waals surface area contributed by atoms with E-state index in [1.807, 2.05) is 24.3 Å². The number of benzene rings is 1. The topological polar surface area (TPSA) is 62.6 Å². The van der Waals surface area contributed by atoms with Crippen LogP contribution in [0, 0.1) is 0 Å². The Kier molecular flexibility index (Phi) is 4.76. The van der Waals surface area contributed by atoms with Crippen LogP contribution in [0.5, 0.6) is 0 Å². The van der Waals surface area contributed by atoms with Gasteiger partial charge in [-0.15, -0.1) is 0 Å². The van der Waals surface area contributed by atoms with Gasteiger partial charge in [0, 0.05) is 37.3 Å². The second kappa shape index (κ2) is 7.13. The minimum absolute atomic E-state index is 0.144. The van der Waals surface area contributed by atoms with Gasteiger partial charge in [0.1, 0.15) is 0 Å². The maximum atomic E-state index is 11.9. The number of rotatable bonds is 6. The zero-order valence-electron chi connectivity index (χ0n) is 13.0. The number of carbonyl (C=O) groups excluding carboxylic acids is 2. The molecular weight excluding hydrogens is 292 g/mol. The molecule has 1 saturated heterocycles. The van der Waals surface area contributed by atoms with Gasteiger partial charge < -0.3 is 14.6 Å². The molecule has 0 radical (unpaired) electrons. The van der Waals surface area contributed by atoms with Crippen LogP contribution in [0.15, 0.2) is 47.1 Å². The van der Waals surface area contributed by atoms with Crippen LogP contribution < -0.4 is 10.2 Å². The molecule has 2 aromatic rings. The van der Waals surface area contributed by atoms with E-state index < -0.39 is 0 Å². The van der Waals surface area contributed by atoms with Crippen molar-refractivity contribution in [1.29, 1.82) is 0 Å². The molecule has 120 valence electrons. The quantitative estimate of drug-likeness (QED) is 0.830. The van der Waals surface area contributed by atoms with Crippen LogP contribution in [0.1, 0.15) is 36.2 Å². The largest absolute Gasteiger partial charge is 0.461 e. The van der Waals surface area contributed by atoms with E-state index in [1.54, 1.807) is 12.1 Å². The molecule has 3 rings (SSSR count). The number of anilines is 2. The van der Waals surface area contributed by atoms with E-state index >= 15 is 0 Å². The van der Waals surface area contributed by atoms with Crippen molar-refractivity contribution in [3.05, 3.63) is 48.4 Å². The second-order valence-electron chi connectivity index (χ2n) is 5.69. The lowest BCUT2D eigenvalue weighted by Gasteiger charge is -2.17. The van der Waals surface area contributed by atoms with Crippen molar-refractivity contribution in [2.45, 2.75) is 25.7 Å². The average Bonchev–Trinajstić information content (AvgIpc) is 3.26. The Morgan fingerprint density at radius 1 is 1.04 bits per heavy atom.